The molecule has 0 saturated carbocycles. The van der Waals surface area contributed by atoms with Crippen LogP contribution in [0.5, 0.6) is 0 Å². The minimum absolute atomic E-state index is 0.0892. The molecule has 3 aromatic rings. The van der Waals surface area contributed by atoms with Crippen LogP contribution in [0.25, 0.3) is 22.3 Å². The van der Waals surface area contributed by atoms with Crippen LogP contribution in [-0.4, -0.2) is 0 Å². The fourth-order valence-corrected chi connectivity index (χ4v) is 3.90. The van der Waals surface area contributed by atoms with Crippen molar-refractivity contribution in [2.24, 2.45) is 0 Å². The first kappa shape index (κ1) is 13.3. The van der Waals surface area contributed by atoms with Crippen molar-refractivity contribution in [2.75, 3.05) is 0 Å². The predicted octanol–water partition coefficient (Wildman–Crippen LogP) is 5.97. The van der Waals surface area contributed by atoms with Gasteiger partial charge < -0.3 is 0 Å². The molecule has 0 fully saturated rings. The van der Waals surface area contributed by atoms with E-state index in [4.69, 9.17) is 0 Å². The van der Waals surface area contributed by atoms with E-state index in [1.54, 1.807) is 0 Å². The van der Waals surface area contributed by atoms with E-state index in [0.717, 1.165) is 0 Å². The average molecular weight is 284 g/mol. The Morgan fingerprint density at radius 1 is 0.636 bits per heavy atom. The topological polar surface area (TPSA) is 0 Å². The van der Waals surface area contributed by atoms with Crippen molar-refractivity contribution in [1.82, 2.24) is 0 Å². The Bertz CT molecular complexity index is 854. The van der Waals surface area contributed by atoms with Crippen LogP contribution < -0.4 is 0 Å². The normalized spacial score (nSPS) is 14.5. The van der Waals surface area contributed by atoms with E-state index in [2.05, 4.69) is 87.5 Å². The molecule has 1 aliphatic rings. The molecule has 0 unspecified atom stereocenters. The smallest absolute Gasteiger partial charge is 0.0158 e. The molecule has 0 heteroatoms. The maximum absolute atomic E-state index is 2.33. The Labute approximate surface area is 132 Å². The van der Waals surface area contributed by atoms with Crippen LogP contribution in [0.2, 0.25) is 0 Å². The van der Waals surface area contributed by atoms with Crippen molar-refractivity contribution in [3.05, 3.63) is 83.4 Å². The van der Waals surface area contributed by atoms with Gasteiger partial charge in [-0.2, -0.15) is 0 Å². The molecule has 3 aromatic carbocycles. The maximum atomic E-state index is 2.33. The lowest BCUT2D eigenvalue weighted by Crippen LogP contribution is -2.14. The summed E-state index contributed by atoms with van der Waals surface area (Å²) in [5.41, 5.74) is 9.84. The average Bonchev–Trinajstić information content (AvgIpc) is 2.78. The van der Waals surface area contributed by atoms with E-state index >= 15 is 0 Å². The molecule has 0 radical (unpaired) electrons. The van der Waals surface area contributed by atoms with Crippen LogP contribution >= 0.6 is 0 Å². The quantitative estimate of drug-likeness (QED) is 0.516. The van der Waals surface area contributed by atoms with Crippen LogP contribution in [0.1, 0.15) is 30.5 Å². The van der Waals surface area contributed by atoms with Gasteiger partial charge in [0.25, 0.3) is 0 Å². The van der Waals surface area contributed by atoms with Crippen LogP contribution in [0.15, 0.2) is 66.7 Å². The molecule has 108 valence electrons. The molecule has 0 N–H and O–H groups in total. The van der Waals surface area contributed by atoms with Gasteiger partial charge in [0.2, 0.25) is 0 Å². The summed E-state index contributed by atoms with van der Waals surface area (Å²) in [6.45, 7) is 6.93. The Hall–Kier alpha value is -2.34. The lowest BCUT2D eigenvalue weighted by atomic mass is 9.81. The van der Waals surface area contributed by atoms with Gasteiger partial charge in [-0.15, -0.1) is 0 Å². The van der Waals surface area contributed by atoms with Gasteiger partial charge in [0.05, 0.1) is 0 Å². The summed E-state index contributed by atoms with van der Waals surface area (Å²) in [6.07, 6.45) is 0. The van der Waals surface area contributed by atoms with E-state index in [9.17, 15) is 0 Å². The van der Waals surface area contributed by atoms with Crippen LogP contribution in [0.4, 0.5) is 0 Å². The molecule has 4 rings (SSSR count). The third-order valence-electron chi connectivity index (χ3n) is 5.09. The van der Waals surface area contributed by atoms with Gasteiger partial charge in [-0.25, -0.2) is 0 Å². The third kappa shape index (κ3) is 1.70. The first-order valence-electron chi connectivity index (χ1n) is 7.90. The van der Waals surface area contributed by atoms with Crippen molar-refractivity contribution < 1.29 is 0 Å². The second-order valence-electron chi connectivity index (χ2n) is 6.70. The molecule has 1 aliphatic carbocycles. The highest BCUT2D eigenvalue weighted by molar-refractivity contribution is 5.87. The summed E-state index contributed by atoms with van der Waals surface area (Å²) >= 11 is 0. The first-order chi connectivity index (χ1) is 10.6. The fraction of sp³-hybridized carbons (Fsp3) is 0.182. The molecule has 0 nitrogen and oxygen atoms in total. The molecule has 22 heavy (non-hydrogen) atoms. The monoisotopic (exact) mass is 284 g/mol. The van der Waals surface area contributed by atoms with E-state index in [1.165, 1.54) is 38.9 Å². The Balaban J connectivity index is 2.03. The summed E-state index contributed by atoms with van der Waals surface area (Å²) in [5, 5.41) is 0. The molecule has 0 aliphatic heterocycles. The molecular weight excluding hydrogens is 264 g/mol. The first-order valence-corrected chi connectivity index (χ1v) is 7.90. The van der Waals surface area contributed by atoms with Gasteiger partial charge in [-0.1, -0.05) is 80.6 Å². The SMILES string of the molecule is Cc1c(-c2ccccc2)ccc2c1-c1ccccc1C2(C)C. The summed E-state index contributed by atoms with van der Waals surface area (Å²) in [5.74, 6) is 0. The minimum Gasteiger partial charge on any atom is -0.0622 e. The Kier molecular flexibility index (Phi) is 2.77. The molecular formula is C22H20. The zero-order valence-corrected chi connectivity index (χ0v) is 13.4. The largest absolute Gasteiger partial charge is 0.0622 e. The van der Waals surface area contributed by atoms with E-state index in [-0.39, 0.29) is 5.41 Å². The molecule has 0 amide bonds. The van der Waals surface area contributed by atoms with Crippen LogP contribution in [-0.2, 0) is 5.41 Å². The van der Waals surface area contributed by atoms with Gasteiger partial charge >= 0.3 is 0 Å². The number of benzene rings is 3. The van der Waals surface area contributed by atoms with E-state index in [0.29, 0.717) is 0 Å². The maximum Gasteiger partial charge on any atom is 0.0158 e. The van der Waals surface area contributed by atoms with Gasteiger partial charge in [-0.3, -0.25) is 0 Å². The van der Waals surface area contributed by atoms with E-state index in [1.807, 2.05) is 0 Å². The highest BCUT2D eigenvalue weighted by Crippen LogP contribution is 2.51. The van der Waals surface area contributed by atoms with Gasteiger partial charge in [-0.05, 0) is 45.9 Å². The standard InChI is InChI=1S/C22H20/c1-15-17(16-9-5-4-6-10-16)13-14-20-21(15)18-11-7-8-12-19(18)22(20,2)3/h4-14H,1-3H3. The number of rotatable bonds is 1. The Morgan fingerprint density at radius 3 is 2.09 bits per heavy atom. The van der Waals surface area contributed by atoms with Gasteiger partial charge in [0.1, 0.15) is 0 Å². The molecule has 0 heterocycles. The van der Waals surface area contributed by atoms with Crippen molar-refractivity contribution >= 4 is 0 Å². The summed E-state index contributed by atoms with van der Waals surface area (Å²) in [7, 11) is 0. The summed E-state index contributed by atoms with van der Waals surface area (Å²) < 4.78 is 0. The number of fused-ring (bicyclic) bond motifs is 3. The molecule has 0 atom stereocenters. The predicted molar refractivity (Wildman–Crippen MR) is 94.2 cm³/mol. The molecule has 0 aromatic heterocycles. The molecule has 0 spiro atoms. The van der Waals surface area contributed by atoms with Crippen molar-refractivity contribution in [3.63, 3.8) is 0 Å². The highest BCUT2D eigenvalue weighted by atomic mass is 14.4. The van der Waals surface area contributed by atoms with Gasteiger partial charge in [0.15, 0.2) is 0 Å². The number of hydrogen-bond acceptors (Lipinski definition) is 0. The van der Waals surface area contributed by atoms with Crippen molar-refractivity contribution in [3.8, 4) is 22.3 Å². The van der Waals surface area contributed by atoms with Crippen LogP contribution in [0, 0.1) is 6.92 Å². The zero-order chi connectivity index (χ0) is 15.3. The fourth-order valence-electron chi connectivity index (χ4n) is 3.90. The second kappa shape index (κ2) is 4.58. The zero-order valence-electron chi connectivity index (χ0n) is 13.4. The Morgan fingerprint density at radius 2 is 1.32 bits per heavy atom. The van der Waals surface area contributed by atoms with Crippen molar-refractivity contribution in [1.29, 1.82) is 0 Å². The lowest BCUT2D eigenvalue weighted by molar-refractivity contribution is 0.660. The van der Waals surface area contributed by atoms with E-state index < -0.39 is 0 Å². The minimum atomic E-state index is 0.0892. The third-order valence-corrected chi connectivity index (χ3v) is 5.09. The van der Waals surface area contributed by atoms with Crippen molar-refractivity contribution in [2.45, 2.75) is 26.2 Å². The highest BCUT2D eigenvalue weighted by Gasteiger charge is 2.36. The number of hydrogen-bond donors (Lipinski definition) is 0. The second-order valence-corrected chi connectivity index (χ2v) is 6.70. The molecule has 0 saturated heterocycles. The van der Waals surface area contributed by atoms with Gasteiger partial charge in [0, 0.05) is 5.41 Å². The lowest BCUT2D eigenvalue weighted by Gasteiger charge is -2.22. The summed E-state index contributed by atoms with van der Waals surface area (Å²) in [6, 6.07) is 24.1. The summed E-state index contributed by atoms with van der Waals surface area (Å²) in [4.78, 5) is 0. The van der Waals surface area contributed by atoms with Crippen LogP contribution in [0.3, 0.4) is 0 Å². The molecule has 0 bridgehead atoms.